The van der Waals surface area contributed by atoms with Crippen molar-refractivity contribution in [3.8, 4) is 5.69 Å². The Morgan fingerprint density at radius 1 is 1.14 bits per heavy atom. The molecule has 5 rings (SSSR count). The summed E-state index contributed by atoms with van der Waals surface area (Å²) >= 11 is 0. The van der Waals surface area contributed by atoms with E-state index in [1.165, 1.54) is 12.1 Å². The van der Waals surface area contributed by atoms with Gasteiger partial charge in [0, 0.05) is 30.0 Å². The quantitative estimate of drug-likeness (QED) is 0.389. The summed E-state index contributed by atoms with van der Waals surface area (Å²) in [5.74, 6) is -0.664. The number of para-hydroxylation sites is 1. The molecule has 3 aromatic rings. The third-order valence-corrected chi connectivity index (χ3v) is 5.58. The first-order valence-electron chi connectivity index (χ1n) is 9.32. The number of hydrogen-bond acceptors (Lipinski definition) is 5. The number of nitrogens with zero attached hydrogens (tertiary/aromatic N) is 3. The zero-order valence-corrected chi connectivity index (χ0v) is 15.7. The lowest BCUT2D eigenvalue weighted by molar-refractivity contribution is -0.384. The van der Waals surface area contributed by atoms with Gasteiger partial charge in [0.2, 0.25) is 0 Å². The van der Waals surface area contributed by atoms with Crippen molar-refractivity contribution in [1.29, 1.82) is 0 Å². The molecular weight excluding hydrogens is 370 g/mol. The lowest BCUT2D eigenvalue weighted by atomic mass is 9.77. The van der Waals surface area contributed by atoms with Crippen molar-refractivity contribution in [2.24, 2.45) is 0 Å². The summed E-state index contributed by atoms with van der Waals surface area (Å²) in [6, 6.07) is 16.2. The lowest BCUT2D eigenvalue weighted by Crippen LogP contribution is -2.19. The Bertz CT molecular complexity index is 1180. The van der Waals surface area contributed by atoms with E-state index in [9.17, 15) is 14.9 Å². The second kappa shape index (κ2) is 6.41. The molecule has 2 heterocycles. The Balaban J connectivity index is 1.71. The molecule has 1 aliphatic heterocycles. The van der Waals surface area contributed by atoms with Crippen molar-refractivity contribution in [1.82, 2.24) is 9.78 Å². The Hall–Kier alpha value is -3.74. The van der Waals surface area contributed by atoms with Gasteiger partial charge in [-0.25, -0.2) is 9.48 Å². The topological polar surface area (TPSA) is 87.3 Å². The Morgan fingerprint density at radius 3 is 2.55 bits per heavy atom. The normalized spacial score (nSPS) is 17.7. The molecular formula is C22H17N3O4. The average molecular weight is 387 g/mol. The molecule has 0 bridgehead atoms. The van der Waals surface area contributed by atoms with Crippen molar-refractivity contribution in [2.45, 2.75) is 19.3 Å². The minimum absolute atomic E-state index is 0.0182. The fourth-order valence-corrected chi connectivity index (χ4v) is 4.30. The highest BCUT2D eigenvalue weighted by Crippen LogP contribution is 2.45. The highest BCUT2D eigenvalue weighted by molar-refractivity contribution is 5.95. The number of fused-ring (bicyclic) bond motifs is 1. The van der Waals surface area contributed by atoms with Gasteiger partial charge in [-0.05, 0) is 30.2 Å². The van der Waals surface area contributed by atoms with Gasteiger partial charge in [-0.2, -0.15) is 5.10 Å². The molecule has 29 heavy (non-hydrogen) atoms. The summed E-state index contributed by atoms with van der Waals surface area (Å²) in [6.45, 7) is 2.21. The van der Waals surface area contributed by atoms with Gasteiger partial charge in [0.15, 0.2) is 0 Å². The van der Waals surface area contributed by atoms with E-state index in [2.05, 4.69) is 0 Å². The first-order valence-corrected chi connectivity index (χ1v) is 9.32. The minimum atomic E-state index is -0.427. The standard InChI is InChI=1S/C22H17N3O4/c1-13-19-18(24(23-13)16-5-3-2-4-6-16)11-15-12-29-22(26)21(15)20(19)14-7-9-17(10-8-14)25(27)28/h2-10,20H,11-12H2,1H3. The lowest BCUT2D eigenvalue weighted by Gasteiger charge is -2.24. The van der Waals surface area contributed by atoms with Crippen LogP contribution >= 0.6 is 0 Å². The molecule has 0 radical (unpaired) electrons. The van der Waals surface area contributed by atoms with Crippen molar-refractivity contribution in [3.63, 3.8) is 0 Å². The molecule has 2 aromatic carbocycles. The molecule has 1 aliphatic carbocycles. The zero-order chi connectivity index (χ0) is 20.1. The molecule has 0 fully saturated rings. The van der Waals surface area contributed by atoms with Crippen LogP contribution in [0.1, 0.15) is 28.4 Å². The molecule has 1 atom stereocenters. The summed E-state index contributed by atoms with van der Waals surface area (Å²) < 4.78 is 7.27. The highest BCUT2D eigenvalue weighted by atomic mass is 16.6. The predicted octanol–water partition coefficient (Wildman–Crippen LogP) is 3.63. The van der Waals surface area contributed by atoms with Gasteiger partial charge < -0.3 is 4.74 Å². The van der Waals surface area contributed by atoms with Gasteiger partial charge in [-0.15, -0.1) is 0 Å². The summed E-state index contributed by atoms with van der Waals surface area (Å²) in [5, 5.41) is 15.8. The van der Waals surface area contributed by atoms with E-state index in [4.69, 9.17) is 9.84 Å². The fraction of sp³-hybridized carbons (Fsp3) is 0.182. The molecule has 0 amide bonds. The molecule has 0 N–H and O–H groups in total. The van der Waals surface area contributed by atoms with E-state index in [0.29, 0.717) is 12.0 Å². The maximum absolute atomic E-state index is 12.5. The van der Waals surface area contributed by atoms with Gasteiger partial charge >= 0.3 is 5.97 Å². The van der Waals surface area contributed by atoms with Crippen LogP contribution in [0.5, 0.6) is 0 Å². The number of ether oxygens (including phenoxy) is 1. The van der Waals surface area contributed by atoms with Gasteiger partial charge in [0.05, 0.1) is 27.6 Å². The van der Waals surface area contributed by atoms with E-state index < -0.39 is 4.92 Å². The molecule has 0 saturated heterocycles. The largest absolute Gasteiger partial charge is 0.458 e. The number of hydrogen-bond donors (Lipinski definition) is 0. The maximum Gasteiger partial charge on any atom is 0.335 e. The van der Waals surface area contributed by atoms with Crippen LogP contribution in [-0.4, -0.2) is 27.3 Å². The average Bonchev–Trinajstić information content (AvgIpc) is 3.27. The van der Waals surface area contributed by atoms with Gasteiger partial charge in [0.25, 0.3) is 5.69 Å². The van der Waals surface area contributed by atoms with Crippen molar-refractivity contribution in [3.05, 3.63) is 98.4 Å². The van der Waals surface area contributed by atoms with E-state index in [0.717, 1.165) is 33.8 Å². The molecule has 0 saturated carbocycles. The number of esters is 1. The summed E-state index contributed by atoms with van der Waals surface area (Å²) in [4.78, 5) is 23.2. The van der Waals surface area contributed by atoms with Crippen LogP contribution in [0.25, 0.3) is 5.69 Å². The van der Waals surface area contributed by atoms with Crippen LogP contribution in [0.4, 0.5) is 5.69 Å². The molecule has 1 unspecified atom stereocenters. The number of carbonyl (C=O) groups is 1. The van der Waals surface area contributed by atoms with Crippen molar-refractivity contribution < 1.29 is 14.5 Å². The van der Waals surface area contributed by atoms with Crippen molar-refractivity contribution >= 4 is 11.7 Å². The number of carbonyl (C=O) groups excluding carboxylic acids is 1. The van der Waals surface area contributed by atoms with Crippen LogP contribution in [-0.2, 0) is 16.0 Å². The number of nitro benzene ring substituents is 1. The third kappa shape index (κ3) is 2.66. The first-order chi connectivity index (χ1) is 14.0. The SMILES string of the molecule is Cc1nn(-c2ccccc2)c2c1C(c1ccc([N+](=O)[O-])cc1)C1=C(COC1=O)C2. The van der Waals surface area contributed by atoms with Crippen LogP contribution < -0.4 is 0 Å². The zero-order valence-electron chi connectivity index (χ0n) is 15.7. The Labute approximate surface area is 166 Å². The first kappa shape index (κ1) is 17.4. The second-order valence-electron chi connectivity index (χ2n) is 7.24. The molecule has 7 nitrogen and oxygen atoms in total. The molecule has 1 aromatic heterocycles. The fourth-order valence-electron chi connectivity index (χ4n) is 4.30. The number of rotatable bonds is 3. The number of benzene rings is 2. The number of non-ortho nitro benzene ring substituents is 1. The monoisotopic (exact) mass is 387 g/mol. The highest BCUT2D eigenvalue weighted by Gasteiger charge is 2.41. The van der Waals surface area contributed by atoms with Crippen LogP contribution in [0, 0.1) is 17.0 Å². The maximum atomic E-state index is 12.5. The smallest absolute Gasteiger partial charge is 0.335 e. The van der Waals surface area contributed by atoms with Crippen LogP contribution in [0.2, 0.25) is 0 Å². The van der Waals surface area contributed by atoms with Crippen LogP contribution in [0.15, 0.2) is 65.7 Å². The molecule has 7 heteroatoms. The third-order valence-electron chi connectivity index (χ3n) is 5.58. The number of aryl methyl sites for hydroxylation is 1. The van der Waals surface area contributed by atoms with Gasteiger partial charge in [-0.3, -0.25) is 10.1 Å². The van der Waals surface area contributed by atoms with Crippen LogP contribution in [0.3, 0.4) is 0 Å². The summed E-state index contributed by atoms with van der Waals surface area (Å²) in [7, 11) is 0. The molecule has 2 aliphatic rings. The van der Waals surface area contributed by atoms with Gasteiger partial charge in [-0.1, -0.05) is 30.3 Å². The van der Waals surface area contributed by atoms with E-state index in [-0.39, 0.29) is 24.2 Å². The van der Waals surface area contributed by atoms with Gasteiger partial charge in [0.1, 0.15) is 6.61 Å². The second-order valence-corrected chi connectivity index (χ2v) is 7.24. The Kier molecular flexibility index (Phi) is 3.84. The summed E-state index contributed by atoms with van der Waals surface area (Å²) in [6.07, 6.45) is 0.593. The van der Waals surface area contributed by atoms with E-state index >= 15 is 0 Å². The molecule has 0 spiro atoms. The minimum Gasteiger partial charge on any atom is -0.458 e. The number of cyclic esters (lactones) is 1. The van der Waals surface area contributed by atoms with E-state index in [1.807, 2.05) is 41.9 Å². The number of aromatic nitrogens is 2. The Morgan fingerprint density at radius 2 is 1.86 bits per heavy atom. The predicted molar refractivity (Wildman–Crippen MR) is 105 cm³/mol. The number of nitro groups is 1. The van der Waals surface area contributed by atoms with Crippen molar-refractivity contribution in [2.75, 3.05) is 6.61 Å². The summed E-state index contributed by atoms with van der Waals surface area (Å²) in [5.41, 5.74) is 6.20. The van der Waals surface area contributed by atoms with E-state index in [1.54, 1.807) is 12.1 Å². The molecule has 144 valence electrons.